The van der Waals surface area contributed by atoms with Crippen LogP contribution in [0.4, 0.5) is 11.5 Å². The second-order valence-corrected chi connectivity index (χ2v) is 8.36. The fourth-order valence-corrected chi connectivity index (χ4v) is 3.91. The standard InChI is InChI=1S/C26H24N6O/c1-32(2)16-21(33)13-17-6-5-7-18(12-17)25-29-24-9-4-3-8-22(24)26(30-25)28-20-10-11-23-19(14-20)15-27-31-23/h3-12,14-15H,13,16H2,1-2H3,(H,27,31)(H,28,29,30). The summed E-state index contributed by atoms with van der Waals surface area (Å²) in [6.45, 7) is 0.422. The fourth-order valence-electron chi connectivity index (χ4n) is 3.91. The summed E-state index contributed by atoms with van der Waals surface area (Å²) in [4.78, 5) is 23.8. The lowest BCUT2D eigenvalue weighted by Crippen LogP contribution is -2.22. The van der Waals surface area contributed by atoms with Gasteiger partial charge in [-0.2, -0.15) is 5.10 Å². The molecular weight excluding hydrogens is 412 g/mol. The maximum atomic E-state index is 12.3. The average molecular weight is 437 g/mol. The molecule has 0 aliphatic heterocycles. The summed E-state index contributed by atoms with van der Waals surface area (Å²) in [6.07, 6.45) is 2.18. The van der Waals surface area contributed by atoms with E-state index in [9.17, 15) is 4.79 Å². The monoisotopic (exact) mass is 436 g/mol. The lowest BCUT2D eigenvalue weighted by molar-refractivity contribution is -0.119. The molecule has 33 heavy (non-hydrogen) atoms. The zero-order chi connectivity index (χ0) is 22.8. The molecule has 3 aromatic carbocycles. The minimum atomic E-state index is 0.175. The van der Waals surface area contributed by atoms with Crippen molar-refractivity contribution < 1.29 is 4.79 Å². The van der Waals surface area contributed by atoms with Crippen molar-refractivity contribution in [1.29, 1.82) is 0 Å². The van der Waals surface area contributed by atoms with Crippen LogP contribution in [0.5, 0.6) is 0 Å². The Kier molecular flexibility index (Phi) is 5.54. The van der Waals surface area contributed by atoms with Crippen LogP contribution in [0.1, 0.15) is 5.56 Å². The largest absolute Gasteiger partial charge is 0.340 e. The van der Waals surface area contributed by atoms with Gasteiger partial charge in [0.1, 0.15) is 5.82 Å². The molecule has 0 aliphatic rings. The van der Waals surface area contributed by atoms with E-state index in [0.717, 1.165) is 44.4 Å². The number of likely N-dealkylation sites (N-methyl/N-ethyl adjacent to an activating group) is 1. The first-order chi connectivity index (χ1) is 16.0. The van der Waals surface area contributed by atoms with Crippen LogP contribution < -0.4 is 5.32 Å². The zero-order valence-corrected chi connectivity index (χ0v) is 18.5. The number of H-pyrrole nitrogens is 1. The number of hydrogen-bond donors (Lipinski definition) is 2. The van der Waals surface area contributed by atoms with Gasteiger partial charge in [-0.25, -0.2) is 9.97 Å². The summed E-state index contributed by atoms with van der Waals surface area (Å²) in [7, 11) is 3.80. The number of ketones is 1. The van der Waals surface area contributed by atoms with Crippen molar-refractivity contribution in [3.63, 3.8) is 0 Å². The molecule has 2 aromatic heterocycles. The summed E-state index contributed by atoms with van der Waals surface area (Å²) in [5.41, 5.74) is 4.58. The van der Waals surface area contributed by atoms with E-state index < -0.39 is 0 Å². The van der Waals surface area contributed by atoms with Crippen LogP contribution in [0.15, 0.2) is 72.9 Å². The molecule has 0 radical (unpaired) electrons. The number of para-hydroxylation sites is 1. The lowest BCUT2D eigenvalue weighted by Gasteiger charge is -2.12. The molecule has 164 valence electrons. The van der Waals surface area contributed by atoms with Crippen molar-refractivity contribution in [2.45, 2.75) is 6.42 Å². The number of rotatable bonds is 7. The third kappa shape index (κ3) is 4.58. The van der Waals surface area contributed by atoms with Crippen LogP contribution in [0, 0.1) is 0 Å². The molecule has 5 aromatic rings. The maximum absolute atomic E-state index is 12.3. The molecule has 5 rings (SSSR count). The topological polar surface area (TPSA) is 86.8 Å². The molecule has 0 unspecified atom stereocenters. The molecular formula is C26H24N6O. The molecule has 0 aliphatic carbocycles. The summed E-state index contributed by atoms with van der Waals surface area (Å²) in [6, 6.07) is 21.9. The van der Waals surface area contributed by atoms with Crippen molar-refractivity contribution in [1.82, 2.24) is 25.1 Å². The van der Waals surface area contributed by atoms with E-state index in [1.54, 1.807) is 6.20 Å². The highest BCUT2D eigenvalue weighted by atomic mass is 16.1. The first-order valence-corrected chi connectivity index (χ1v) is 10.8. The number of hydrogen-bond acceptors (Lipinski definition) is 6. The molecule has 0 amide bonds. The Labute approximate surface area is 191 Å². The van der Waals surface area contributed by atoms with Gasteiger partial charge >= 0.3 is 0 Å². The number of carbonyl (C=O) groups excluding carboxylic acids is 1. The van der Waals surface area contributed by atoms with Gasteiger partial charge in [0, 0.05) is 28.4 Å². The quantitative estimate of drug-likeness (QED) is 0.388. The molecule has 0 atom stereocenters. The molecule has 0 saturated heterocycles. The fraction of sp³-hybridized carbons (Fsp3) is 0.154. The molecule has 7 nitrogen and oxygen atoms in total. The molecule has 0 spiro atoms. The van der Waals surface area contributed by atoms with Crippen molar-refractivity contribution in [3.05, 3.63) is 78.5 Å². The number of nitrogens with one attached hydrogen (secondary N) is 2. The highest BCUT2D eigenvalue weighted by Crippen LogP contribution is 2.28. The van der Waals surface area contributed by atoms with Crippen LogP contribution in [0.2, 0.25) is 0 Å². The Hall–Kier alpha value is -4.10. The minimum Gasteiger partial charge on any atom is -0.340 e. The Bertz CT molecular complexity index is 1460. The van der Waals surface area contributed by atoms with Crippen LogP contribution >= 0.6 is 0 Å². The van der Waals surface area contributed by atoms with E-state index in [0.29, 0.717) is 18.8 Å². The first-order valence-electron chi connectivity index (χ1n) is 10.8. The predicted octanol–water partition coefficient (Wildman–Crippen LogP) is 4.59. The van der Waals surface area contributed by atoms with Gasteiger partial charge in [0.25, 0.3) is 0 Å². The van der Waals surface area contributed by atoms with E-state index in [1.165, 1.54) is 0 Å². The van der Waals surface area contributed by atoms with Gasteiger partial charge in [-0.3, -0.25) is 9.89 Å². The molecule has 0 bridgehead atoms. The second-order valence-electron chi connectivity index (χ2n) is 8.36. The number of anilines is 2. The van der Waals surface area contributed by atoms with E-state index >= 15 is 0 Å². The Morgan fingerprint density at radius 3 is 2.76 bits per heavy atom. The van der Waals surface area contributed by atoms with Gasteiger partial charge in [0.2, 0.25) is 0 Å². The van der Waals surface area contributed by atoms with E-state index in [2.05, 4.69) is 15.5 Å². The molecule has 7 heteroatoms. The summed E-state index contributed by atoms with van der Waals surface area (Å²) in [5, 5.41) is 12.5. The predicted molar refractivity (Wildman–Crippen MR) is 132 cm³/mol. The Balaban J connectivity index is 1.52. The maximum Gasteiger partial charge on any atom is 0.162 e. The number of aromatic nitrogens is 4. The lowest BCUT2D eigenvalue weighted by atomic mass is 10.0. The number of carbonyl (C=O) groups is 1. The SMILES string of the molecule is CN(C)CC(=O)Cc1cccc(-c2nc(Nc3ccc4[nH]ncc4c3)c3ccccc3n2)c1. The van der Waals surface area contributed by atoms with Crippen LogP contribution in [0.3, 0.4) is 0 Å². The Morgan fingerprint density at radius 2 is 1.88 bits per heavy atom. The average Bonchev–Trinajstić information content (AvgIpc) is 3.26. The number of aromatic amines is 1. The summed E-state index contributed by atoms with van der Waals surface area (Å²) < 4.78 is 0. The smallest absolute Gasteiger partial charge is 0.162 e. The van der Waals surface area contributed by atoms with Crippen LogP contribution in [0.25, 0.3) is 33.2 Å². The van der Waals surface area contributed by atoms with Gasteiger partial charge < -0.3 is 10.2 Å². The van der Waals surface area contributed by atoms with Crippen molar-refractivity contribution in [2.75, 3.05) is 26.0 Å². The summed E-state index contributed by atoms with van der Waals surface area (Å²) in [5.74, 6) is 1.52. The number of nitrogens with zero attached hydrogens (tertiary/aromatic N) is 4. The van der Waals surface area contributed by atoms with Crippen molar-refractivity contribution >= 4 is 39.1 Å². The molecule has 0 fully saturated rings. The number of Topliss-reactive ketones (excluding diaryl/α,β-unsaturated/α-hetero) is 1. The first kappa shape index (κ1) is 20.8. The van der Waals surface area contributed by atoms with Gasteiger partial charge in [0.15, 0.2) is 11.6 Å². The third-order valence-corrected chi connectivity index (χ3v) is 5.39. The Morgan fingerprint density at radius 1 is 1.00 bits per heavy atom. The van der Waals surface area contributed by atoms with Gasteiger partial charge in [-0.05, 0) is 56.1 Å². The normalized spacial score (nSPS) is 11.4. The minimum absolute atomic E-state index is 0.175. The number of fused-ring (bicyclic) bond motifs is 2. The highest BCUT2D eigenvalue weighted by molar-refractivity contribution is 5.93. The van der Waals surface area contributed by atoms with Gasteiger partial charge in [0.05, 0.1) is 23.8 Å². The van der Waals surface area contributed by atoms with Gasteiger partial charge in [-0.1, -0.05) is 30.3 Å². The van der Waals surface area contributed by atoms with Crippen molar-refractivity contribution in [3.8, 4) is 11.4 Å². The highest BCUT2D eigenvalue weighted by Gasteiger charge is 2.12. The molecule has 2 heterocycles. The van der Waals surface area contributed by atoms with E-state index in [4.69, 9.17) is 9.97 Å². The number of benzene rings is 3. The second kappa shape index (κ2) is 8.80. The zero-order valence-electron chi connectivity index (χ0n) is 18.5. The van der Waals surface area contributed by atoms with Crippen LogP contribution in [-0.2, 0) is 11.2 Å². The summed E-state index contributed by atoms with van der Waals surface area (Å²) >= 11 is 0. The van der Waals surface area contributed by atoms with Crippen molar-refractivity contribution in [2.24, 2.45) is 0 Å². The van der Waals surface area contributed by atoms with Crippen LogP contribution in [-0.4, -0.2) is 51.5 Å². The third-order valence-electron chi connectivity index (χ3n) is 5.39. The molecule has 2 N–H and O–H groups in total. The van der Waals surface area contributed by atoms with Gasteiger partial charge in [-0.15, -0.1) is 0 Å². The van der Waals surface area contributed by atoms with E-state index in [-0.39, 0.29) is 5.78 Å². The van der Waals surface area contributed by atoms with E-state index in [1.807, 2.05) is 85.7 Å². The molecule has 0 saturated carbocycles.